The van der Waals surface area contributed by atoms with Crippen LogP contribution in [0.4, 0.5) is 5.69 Å². The lowest BCUT2D eigenvalue weighted by Gasteiger charge is -2.46. The van der Waals surface area contributed by atoms with Crippen LogP contribution in [0.3, 0.4) is 0 Å². The maximum absolute atomic E-state index is 12.8. The Bertz CT molecular complexity index is 971. The standard InChI is InChI=1S/C23H25N5O/c29-23(24-19-9-5-2-6-10-19)21-15-27-12-11-18(21)13-20(27)14-28-16-22(25-26-28)17-7-3-1-4-8-17/h1-10,16,18,20-21H,11-15H2,(H,24,29)/p+1/t18-,20-,21+/m1/s1. The van der Waals surface area contributed by atoms with Gasteiger partial charge in [-0.25, -0.2) is 4.68 Å². The molecular weight excluding hydrogens is 362 g/mol. The second-order valence-corrected chi connectivity index (χ2v) is 8.25. The predicted molar refractivity (Wildman–Crippen MR) is 111 cm³/mol. The number of para-hydroxylation sites is 1. The number of rotatable bonds is 5. The average Bonchev–Trinajstić information content (AvgIpc) is 3.24. The number of piperidine rings is 3. The molecule has 6 nitrogen and oxygen atoms in total. The molecule has 4 atom stereocenters. The monoisotopic (exact) mass is 388 g/mol. The van der Waals surface area contributed by atoms with E-state index >= 15 is 0 Å². The zero-order chi connectivity index (χ0) is 19.6. The van der Waals surface area contributed by atoms with Crippen molar-refractivity contribution in [1.82, 2.24) is 15.0 Å². The van der Waals surface area contributed by atoms with Crippen molar-refractivity contribution in [2.75, 3.05) is 18.4 Å². The van der Waals surface area contributed by atoms with E-state index in [1.165, 1.54) is 4.90 Å². The van der Waals surface area contributed by atoms with Gasteiger partial charge in [0, 0.05) is 24.1 Å². The fraction of sp³-hybridized carbons (Fsp3) is 0.348. The molecular formula is C23H26N5O+. The number of carbonyl (C=O) groups excluding carboxylic acids is 1. The maximum Gasteiger partial charge on any atom is 0.233 e. The van der Waals surface area contributed by atoms with E-state index in [-0.39, 0.29) is 11.8 Å². The summed E-state index contributed by atoms with van der Waals surface area (Å²) < 4.78 is 1.97. The SMILES string of the molecule is O=C(Nc1ccccc1)[C@H]1C[NH+]2CC[C@@H]1C[C@@H]2Cn1cc(-c2ccccc2)nn1. The van der Waals surface area contributed by atoms with Crippen molar-refractivity contribution in [3.63, 3.8) is 0 Å². The number of anilines is 1. The van der Waals surface area contributed by atoms with E-state index in [9.17, 15) is 4.79 Å². The number of nitrogens with one attached hydrogen (secondary N) is 2. The van der Waals surface area contributed by atoms with Gasteiger partial charge < -0.3 is 10.2 Å². The van der Waals surface area contributed by atoms with Gasteiger partial charge in [0.05, 0.1) is 31.7 Å². The first-order chi connectivity index (χ1) is 14.3. The molecule has 2 N–H and O–H groups in total. The van der Waals surface area contributed by atoms with Crippen LogP contribution in [-0.4, -0.2) is 40.0 Å². The third kappa shape index (κ3) is 3.80. The molecule has 148 valence electrons. The van der Waals surface area contributed by atoms with Crippen LogP contribution in [0.2, 0.25) is 0 Å². The number of quaternary nitrogens is 1. The lowest BCUT2D eigenvalue weighted by molar-refractivity contribution is -0.945. The van der Waals surface area contributed by atoms with Crippen molar-refractivity contribution in [3.05, 3.63) is 66.9 Å². The first kappa shape index (κ1) is 18.1. The van der Waals surface area contributed by atoms with Crippen molar-refractivity contribution in [2.24, 2.45) is 11.8 Å². The zero-order valence-electron chi connectivity index (χ0n) is 16.4. The summed E-state index contributed by atoms with van der Waals surface area (Å²) in [6.45, 7) is 2.91. The van der Waals surface area contributed by atoms with Gasteiger partial charge in [0.2, 0.25) is 5.91 Å². The molecule has 1 aromatic heterocycles. The first-order valence-corrected chi connectivity index (χ1v) is 10.4. The number of carbonyl (C=O) groups is 1. The van der Waals surface area contributed by atoms with Crippen molar-refractivity contribution < 1.29 is 9.69 Å². The number of nitrogens with zero attached hydrogens (tertiary/aromatic N) is 3. The number of hydrogen-bond acceptors (Lipinski definition) is 3. The van der Waals surface area contributed by atoms with E-state index in [0.29, 0.717) is 12.0 Å². The molecule has 2 bridgehead atoms. The Morgan fingerprint density at radius 2 is 1.86 bits per heavy atom. The summed E-state index contributed by atoms with van der Waals surface area (Å²) >= 11 is 0. The number of fused-ring (bicyclic) bond motifs is 3. The van der Waals surface area contributed by atoms with E-state index in [4.69, 9.17) is 0 Å². The molecule has 3 aliphatic heterocycles. The zero-order valence-corrected chi connectivity index (χ0v) is 16.4. The minimum Gasteiger partial charge on any atom is -0.330 e. The lowest BCUT2D eigenvalue weighted by atomic mass is 9.75. The molecule has 3 saturated heterocycles. The second-order valence-electron chi connectivity index (χ2n) is 8.25. The van der Waals surface area contributed by atoms with Gasteiger partial charge in [-0.2, -0.15) is 0 Å². The Morgan fingerprint density at radius 3 is 2.59 bits per heavy atom. The van der Waals surface area contributed by atoms with E-state index in [1.807, 2.05) is 59.4 Å². The lowest BCUT2D eigenvalue weighted by Crippen LogP contribution is -3.20. The minimum absolute atomic E-state index is 0.103. The molecule has 6 rings (SSSR count). The summed E-state index contributed by atoms with van der Waals surface area (Å²) in [4.78, 5) is 14.4. The third-order valence-electron chi connectivity index (χ3n) is 6.45. The summed E-state index contributed by atoms with van der Waals surface area (Å²) in [5.74, 6) is 0.730. The summed E-state index contributed by atoms with van der Waals surface area (Å²) in [5.41, 5.74) is 2.89. The van der Waals surface area contributed by atoms with Gasteiger partial charge in [-0.15, -0.1) is 5.10 Å². The van der Waals surface area contributed by atoms with Gasteiger partial charge >= 0.3 is 0 Å². The van der Waals surface area contributed by atoms with Crippen LogP contribution in [-0.2, 0) is 11.3 Å². The van der Waals surface area contributed by atoms with Gasteiger partial charge in [-0.3, -0.25) is 4.79 Å². The van der Waals surface area contributed by atoms with E-state index < -0.39 is 0 Å². The average molecular weight is 388 g/mol. The third-order valence-corrected chi connectivity index (χ3v) is 6.45. The normalized spacial score (nSPS) is 25.7. The molecule has 0 saturated carbocycles. The van der Waals surface area contributed by atoms with Crippen molar-refractivity contribution in [3.8, 4) is 11.3 Å². The quantitative estimate of drug-likeness (QED) is 0.702. The molecule has 3 aliphatic rings. The Hall–Kier alpha value is -2.99. The topological polar surface area (TPSA) is 64.2 Å². The van der Waals surface area contributed by atoms with Crippen LogP contribution in [0, 0.1) is 11.8 Å². The van der Waals surface area contributed by atoms with Crippen molar-refractivity contribution in [1.29, 1.82) is 0 Å². The van der Waals surface area contributed by atoms with Gasteiger partial charge in [-0.1, -0.05) is 53.7 Å². The molecule has 29 heavy (non-hydrogen) atoms. The van der Waals surface area contributed by atoms with Crippen LogP contribution >= 0.6 is 0 Å². The van der Waals surface area contributed by atoms with Crippen LogP contribution in [0.15, 0.2) is 66.9 Å². The Balaban J connectivity index is 1.23. The first-order valence-electron chi connectivity index (χ1n) is 10.4. The maximum atomic E-state index is 12.8. The van der Waals surface area contributed by atoms with Crippen LogP contribution in [0.25, 0.3) is 11.3 Å². The molecule has 2 aromatic carbocycles. The number of amides is 1. The number of benzene rings is 2. The Labute approximate surface area is 170 Å². The molecule has 1 unspecified atom stereocenters. The number of aromatic nitrogens is 3. The van der Waals surface area contributed by atoms with Gasteiger partial charge in [0.25, 0.3) is 0 Å². The highest BCUT2D eigenvalue weighted by Crippen LogP contribution is 2.28. The molecule has 6 heteroatoms. The fourth-order valence-corrected chi connectivity index (χ4v) is 4.93. The Morgan fingerprint density at radius 1 is 1.10 bits per heavy atom. The smallest absolute Gasteiger partial charge is 0.233 e. The fourth-order valence-electron chi connectivity index (χ4n) is 4.93. The van der Waals surface area contributed by atoms with Crippen molar-refractivity contribution in [2.45, 2.75) is 25.4 Å². The molecule has 3 aromatic rings. The van der Waals surface area contributed by atoms with Crippen LogP contribution < -0.4 is 10.2 Å². The van der Waals surface area contributed by atoms with E-state index in [2.05, 4.69) is 27.8 Å². The van der Waals surface area contributed by atoms with Crippen LogP contribution in [0.5, 0.6) is 0 Å². The Kier molecular flexibility index (Phi) is 4.86. The van der Waals surface area contributed by atoms with E-state index in [0.717, 1.165) is 49.4 Å². The van der Waals surface area contributed by atoms with Crippen LogP contribution in [0.1, 0.15) is 12.8 Å². The highest BCUT2D eigenvalue weighted by atomic mass is 16.2. The summed E-state index contributed by atoms with van der Waals surface area (Å²) in [6.07, 6.45) is 4.24. The van der Waals surface area contributed by atoms with Gasteiger partial charge in [0.15, 0.2) is 0 Å². The summed E-state index contributed by atoms with van der Waals surface area (Å²) in [6, 6.07) is 20.4. The second kappa shape index (κ2) is 7.79. The summed E-state index contributed by atoms with van der Waals surface area (Å²) in [5, 5.41) is 11.8. The molecule has 0 radical (unpaired) electrons. The molecule has 3 fully saturated rings. The summed E-state index contributed by atoms with van der Waals surface area (Å²) in [7, 11) is 0. The van der Waals surface area contributed by atoms with Gasteiger partial charge in [-0.05, 0) is 18.1 Å². The predicted octanol–water partition coefficient (Wildman–Crippen LogP) is 1.88. The van der Waals surface area contributed by atoms with E-state index in [1.54, 1.807) is 0 Å². The molecule has 1 amide bonds. The highest BCUT2D eigenvalue weighted by molar-refractivity contribution is 5.92. The largest absolute Gasteiger partial charge is 0.330 e. The minimum atomic E-state index is 0.103. The molecule has 0 spiro atoms. The number of hydrogen-bond donors (Lipinski definition) is 2. The molecule has 4 heterocycles. The highest BCUT2D eigenvalue weighted by Gasteiger charge is 2.46. The van der Waals surface area contributed by atoms with Crippen molar-refractivity contribution >= 4 is 11.6 Å². The molecule has 0 aliphatic carbocycles. The van der Waals surface area contributed by atoms with Gasteiger partial charge in [0.1, 0.15) is 11.7 Å².